The summed E-state index contributed by atoms with van der Waals surface area (Å²) < 4.78 is 10.7. The van der Waals surface area contributed by atoms with Crippen molar-refractivity contribution in [1.29, 1.82) is 0 Å². The van der Waals surface area contributed by atoms with E-state index in [1.54, 1.807) is 7.11 Å². The Morgan fingerprint density at radius 1 is 1.27 bits per heavy atom. The third-order valence-electron chi connectivity index (χ3n) is 4.60. The van der Waals surface area contributed by atoms with Gasteiger partial charge < -0.3 is 20.1 Å². The third kappa shape index (κ3) is 6.87. The average molecular weight is 496 g/mol. The predicted octanol–water partition coefficient (Wildman–Crippen LogP) is 3.60. The summed E-state index contributed by atoms with van der Waals surface area (Å²) in [4.78, 5) is 4.86. The van der Waals surface area contributed by atoms with Gasteiger partial charge in [-0.05, 0) is 37.8 Å². The Bertz CT molecular complexity index is 551. The average Bonchev–Trinajstić information content (AvgIpc) is 2.64. The van der Waals surface area contributed by atoms with Gasteiger partial charge >= 0.3 is 0 Å². The van der Waals surface area contributed by atoms with Gasteiger partial charge in [0, 0.05) is 50.5 Å². The number of rotatable bonds is 8. The van der Waals surface area contributed by atoms with E-state index in [-0.39, 0.29) is 29.4 Å². The number of methoxy groups -OCH3 is 1. The highest BCUT2D eigenvalue weighted by atomic mass is 127. The van der Waals surface area contributed by atoms with E-state index in [1.165, 1.54) is 5.56 Å². The molecule has 2 N–H and O–H groups in total. The second kappa shape index (κ2) is 12.8. The predicted molar refractivity (Wildman–Crippen MR) is 119 cm³/mol. The molecule has 1 aromatic carbocycles. The molecule has 0 amide bonds. The van der Waals surface area contributed by atoms with Crippen LogP contribution in [0.1, 0.15) is 31.7 Å². The van der Waals surface area contributed by atoms with Crippen molar-refractivity contribution in [2.24, 2.45) is 4.99 Å². The van der Waals surface area contributed by atoms with Crippen LogP contribution in [0.2, 0.25) is 5.02 Å². The van der Waals surface area contributed by atoms with Gasteiger partial charge in [0.25, 0.3) is 0 Å². The number of benzene rings is 1. The fourth-order valence-electron chi connectivity index (χ4n) is 3.16. The monoisotopic (exact) mass is 495 g/mol. The normalized spacial score (nSPS) is 16.7. The molecule has 5 nitrogen and oxygen atoms in total. The highest BCUT2D eigenvalue weighted by Crippen LogP contribution is 2.38. The number of guanidine groups is 1. The van der Waals surface area contributed by atoms with Crippen LogP contribution in [0.15, 0.2) is 29.3 Å². The molecule has 26 heavy (non-hydrogen) atoms. The zero-order valence-electron chi connectivity index (χ0n) is 15.7. The van der Waals surface area contributed by atoms with Crippen molar-refractivity contribution < 1.29 is 9.47 Å². The van der Waals surface area contributed by atoms with Gasteiger partial charge in [-0.2, -0.15) is 0 Å². The molecule has 0 unspecified atom stereocenters. The lowest BCUT2D eigenvalue weighted by Gasteiger charge is -2.37. The molecule has 7 heteroatoms. The van der Waals surface area contributed by atoms with Gasteiger partial charge in [-0.3, -0.25) is 4.99 Å². The Kier molecular flexibility index (Phi) is 11.5. The summed E-state index contributed by atoms with van der Waals surface area (Å²) in [6.45, 7) is 6.68. The molecule has 0 atom stereocenters. The van der Waals surface area contributed by atoms with Crippen molar-refractivity contribution in [3.63, 3.8) is 0 Å². The first kappa shape index (κ1) is 23.5. The Labute approximate surface area is 179 Å². The molecule has 0 bridgehead atoms. The van der Waals surface area contributed by atoms with Crippen molar-refractivity contribution in [3.8, 4) is 0 Å². The van der Waals surface area contributed by atoms with Gasteiger partial charge in [-0.15, -0.1) is 24.0 Å². The topological polar surface area (TPSA) is 54.9 Å². The molecule has 148 valence electrons. The van der Waals surface area contributed by atoms with Gasteiger partial charge in [-0.25, -0.2) is 0 Å². The lowest BCUT2D eigenvalue weighted by Crippen LogP contribution is -2.41. The highest BCUT2D eigenvalue weighted by molar-refractivity contribution is 14.0. The van der Waals surface area contributed by atoms with Gasteiger partial charge in [-0.1, -0.05) is 29.8 Å². The number of ether oxygens (including phenoxy) is 2. The summed E-state index contributed by atoms with van der Waals surface area (Å²) in [5.41, 5.74) is 1.12. The first-order valence-electron chi connectivity index (χ1n) is 9.06. The van der Waals surface area contributed by atoms with E-state index in [1.807, 2.05) is 12.1 Å². The van der Waals surface area contributed by atoms with E-state index in [0.29, 0.717) is 6.54 Å². The zero-order valence-corrected chi connectivity index (χ0v) is 18.8. The first-order chi connectivity index (χ1) is 12.2. The lowest BCUT2D eigenvalue weighted by molar-refractivity contribution is 0.0531. The summed E-state index contributed by atoms with van der Waals surface area (Å²) in [5.74, 6) is 0.844. The van der Waals surface area contributed by atoms with Crippen LogP contribution in [0.3, 0.4) is 0 Å². The van der Waals surface area contributed by atoms with Gasteiger partial charge in [0.2, 0.25) is 0 Å². The highest BCUT2D eigenvalue weighted by Gasteiger charge is 2.36. The molecule has 1 aromatic rings. The van der Waals surface area contributed by atoms with E-state index in [2.05, 4.69) is 29.7 Å². The van der Waals surface area contributed by atoms with E-state index in [4.69, 9.17) is 26.1 Å². The van der Waals surface area contributed by atoms with Crippen LogP contribution in [-0.2, 0) is 14.9 Å². The fraction of sp³-hybridized carbons (Fsp3) is 0.632. The molecule has 0 aromatic heterocycles. The van der Waals surface area contributed by atoms with Crippen LogP contribution in [0.5, 0.6) is 0 Å². The number of halogens is 2. The van der Waals surface area contributed by atoms with Crippen LogP contribution < -0.4 is 10.6 Å². The smallest absolute Gasteiger partial charge is 0.191 e. The molecule has 1 aliphatic rings. The van der Waals surface area contributed by atoms with Crippen molar-refractivity contribution in [2.45, 2.75) is 31.6 Å². The van der Waals surface area contributed by atoms with E-state index in [9.17, 15) is 0 Å². The second-order valence-corrected chi connectivity index (χ2v) is 6.75. The summed E-state index contributed by atoms with van der Waals surface area (Å²) in [6, 6.07) is 8.12. The minimum atomic E-state index is -0.0640. The van der Waals surface area contributed by atoms with Crippen LogP contribution in [0.4, 0.5) is 0 Å². The Morgan fingerprint density at radius 2 is 2.00 bits per heavy atom. The standard InChI is InChI=1S/C19H30ClN3O2.HI/c1-3-21-18(22-11-6-12-24-2)23-15-19(9-13-25-14-10-19)16-7-4-5-8-17(16)20;/h4-5,7-8H,3,6,9-15H2,1-2H3,(H2,21,22,23);1H. The first-order valence-corrected chi connectivity index (χ1v) is 9.43. The molecule has 0 radical (unpaired) electrons. The molecule has 2 rings (SSSR count). The third-order valence-corrected chi connectivity index (χ3v) is 4.93. The number of aliphatic imine (C=N–C) groups is 1. The molecular weight excluding hydrogens is 465 g/mol. The van der Waals surface area contributed by atoms with E-state index >= 15 is 0 Å². The molecule has 1 fully saturated rings. The molecule has 1 aliphatic heterocycles. The minimum Gasteiger partial charge on any atom is -0.385 e. The molecule has 1 heterocycles. The number of nitrogens with zero attached hydrogens (tertiary/aromatic N) is 1. The fourth-order valence-corrected chi connectivity index (χ4v) is 3.50. The summed E-state index contributed by atoms with van der Waals surface area (Å²) in [7, 11) is 1.72. The number of hydrogen-bond donors (Lipinski definition) is 2. The van der Waals surface area contributed by atoms with Crippen molar-refractivity contribution in [1.82, 2.24) is 10.6 Å². The quantitative estimate of drug-likeness (QED) is 0.250. The maximum absolute atomic E-state index is 6.51. The maximum atomic E-state index is 6.51. The molecule has 0 aliphatic carbocycles. The second-order valence-electron chi connectivity index (χ2n) is 6.34. The molecule has 0 saturated carbocycles. The molecule has 0 spiro atoms. The van der Waals surface area contributed by atoms with E-state index in [0.717, 1.165) is 63.2 Å². The zero-order chi connectivity index (χ0) is 18.0. The summed E-state index contributed by atoms with van der Waals surface area (Å²) in [6.07, 6.45) is 2.82. The van der Waals surface area contributed by atoms with Crippen LogP contribution in [0.25, 0.3) is 0 Å². The maximum Gasteiger partial charge on any atom is 0.191 e. The molecule has 1 saturated heterocycles. The van der Waals surface area contributed by atoms with Crippen LogP contribution in [0, 0.1) is 0 Å². The van der Waals surface area contributed by atoms with Crippen molar-refractivity contribution >= 4 is 41.5 Å². The number of hydrogen-bond acceptors (Lipinski definition) is 3. The minimum absolute atomic E-state index is 0. The molecular formula is C19H31ClIN3O2. The van der Waals surface area contributed by atoms with Gasteiger partial charge in [0.05, 0.1) is 6.54 Å². The Hall–Kier alpha value is -0.570. The Morgan fingerprint density at radius 3 is 2.65 bits per heavy atom. The van der Waals surface area contributed by atoms with Gasteiger partial charge in [0.1, 0.15) is 0 Å². The van der Waals surface area contributed by atoms with E-state index < -0.39 is 0 Å². The van der Waals surface area contributed by atoms with Crippen molar-refractivity contribution in [2.75, 3.05) is 46.6 Å². The van der Waals surface area contributed by atoms with Gasteiger partial charge in [0.15, 0.2) is 5.96 Å². The SMILES string of the molecule is CCNC(=NCC1(c2ccccc2Cl)CCOCC1)NCCCOC.I. The Balaban J connectivity index is 0.00000338. The largest absolute Gasteiger partial charge is 0.385 e. The van der Waals surface area contributed by atoms with Crippen LogP contribution >= 0.6 is 35.6 Å². The summed E-state index contributed by atoms with van der Waals surface area (Å²) >= 11 is 6.51. The number of nitrogens with one attached hydrogen (secondary N) is 2. The summed E-state index contributed by atoms with van der Waals surface area (Å²) in [5, 5.41) is 7.51. The van der Waals surface area contributed by atoms with Crippen molar-refractivity contribution in [3.05, 3.63) is 34.9 Å². The lowest BCUT2D eigenvalue weighted by atomic mass is 9.74. The van der Waals surface area contributed by atoms with Crippen LogP contribution in [-0.4, -0.2) is 52.5 Å².